The van der Waals surface area contributed by atoms with Gasteiger partial charge in [-0.15, -0.1) is 0 Å². The number of aliphatic hydroxyl groups is 1. The standard InChI is InChI=1S/C16H29I2NO3/c1-5-16(21,6-2)12-8-7-9-13(10-12)22-14(20)15(4,17)11(3)19-18/h11-13,19,21H,5-10H2,1-4H3. The van der Waals surface area contributed by atoms with Crippen molar-refractivity contribution >= 4 is 51.4 Å². The highest BCUT2D eigenvalue weighted by Gasteiger charge is 2.42. The summed E-state index contributed by atoms with van der Waals surface area (Å²) >= 11 is 4.24. The minimum absolute atomic E-state index is 0.0313. The highest BCUT2D eigenvalue weighted by atomic mass is 127. The average molecular weight is 537 g/mol. The van der Waals surface area contributed by atoms with E-state index in [1.54, 1.807) is 0 Å². The molecule has 0 bridgehead atoms. The van der Waals surface area contributed by atoms with Crippen molar-refractivity contribution in [3.63, 3.8) is 0 Å². The van der Waals surface area contributed by atoms with Crippen LogP contribution in [-0.4, -0.2) is 32.2 Å². The van der Waals surface area contributed by atoms with Crippen LogP contribution in [0.4, 0.5) is 0 Å². The number of ether oxygens (including phenoxy) is 1. The fraction of sp³-hybridized carbons (Fsp3) is 0.938. The van der Waals surface area contributed by atoms with Crippen LogP contribution in [0.1, 0.15) is 66.2 Å². The molecule has 0 heterocycles. The average Bonchev–Trinajstić information content (AvgIpc) is 2.53. The third kappa shape index (κ3) is 4.92. The number of hydrogen-bond acceptors (Lipinski definition) is 4. The van der Waals surface area contributed by atoms with Crippen LogP contribution in [0.15, 0.2) is 0 Å². The van der Waals surface area contributed by atoms with E-state index in [-0.39, 0.29) is 24.0 Å². The van der Waals surface area contributed by atoms with Crippen molar-refractivity contribution in [2.75, 3.05) is 0 Å². The fourth-order valence-corrected chi connectivity index (χ4v) is 4.61. The summed E-state index contributed by atoms with van der Waals surface area (Å²) in [6.45, 7) is 7.96. The first kappa shape index (κ1) is 20.9. The molecular weight excluding hydrogens is 508 g/mol. The van der Waals surface area contributed by atoms with Crippen molar-refractivity contribution in [1.29, 1.82) is 0 Å². The summed E-state index contributed by atoms with van der Waals surface area (Å²) in [5.74, 6) is 0.0709. The van der Waals surface area contributed by atoms with Crippen molar-refractivity contribution in [3.05, 3.63) is 0 Å². The quantitative estimate of drug-likeness (QED) is 0.222. The van der Waals surface area contributed by atoms with Crippen molar-refractivity contribution in [2.45, 2.75) is 87.4 Å². The van der Waals surface area contributed by atoms with Crippen LogP contribution in [0.3, 0.4) is 0 Å². The Morgan fingerprint density at radius 2 is 2.00 bits per heavy atom. The van der Waals surface area contributed by atoms with Crippen molar-refractivity contribution in [3.8, 4) is 0 Å². The lowest BCUT2D eigenvalue weighted by atomic mass is 9.73. The number of alkyl halides is 1. The monoisotopic (exact) mass is 537 g/mol. The van der Waals surface area contributed by atoms with Gasteiger partial charge in [0.05, 0.1) is 5.60 Å². The molecule has 0 saturated heterocycles. The molecule has 0 radical (unpaired) electrons. The summed E-state index contributed by atoms with van der Waals surface area (Å²) in [7, 11) is 0. The van der Waals surface area contributed by atoms with E-state index in [1.165, 1.54) is 0 Å². The van der Waals surface area contributed by atoms with E-state index in [2.05, 4.69) is 49.0 Å². The van der Waals surface area contributed by atoms with Crippen LogP contribution in [0.5, 0.6) is 0 Å². The summed E-state index contributed by atoms with van der Waals surface area (Å²) in [5, 5.41) is 10.7. The topological polar surface area (TPSA) is 58.6 Å². The third-order valence-corrected chi connectivity index (χ3v) is 7.57. The molecular formula is C16H29I2NO3. The second-order valence-corrected chi connectivity index (χ2v) is 9.47. The molecule has 0 spiro atoms. The maximum absolute atomic E-state index is 12.5. The van der Waals surface area contributed by atoms with Crippen LogP contribution in [0, 0.1) is 5.92 Å². The highest BCUT2D eigenvalue weighted by Crippen LogP contribution is 2.38. The second-order valence-electron chi connectivity index (χ2n) is 6.61. The van der Waals surface area contributed by atoms with Gasteiger partial charge in [-0.25, -0.2) is 0 Å². The lowest BCUT2D eigenvalue weighted by Crippen LogP contribution is -2.48. The van der Waals surface area contributed by atoms with Gasteiger partial charge in [-0.05, 0) is 58.3 Å². The van der Waals surface area contributed by atoms with Gasteiger partial charge in [0.2, 0.25) is 0 Å². The van der Waals surface area contributed by atoms with Crippen molar-refractivity contribution in [1.82, 2.24) is 3.53 Å². The van der Waals surface area contributed by atoms with E-state index in [0.29, 0.717) is 0 Å². The van der Waals surface area contributed by atoms with Gasteiger partial charge < -0.3 is 9.84 Å². The Labute approximate surface area is 162 Å². The number of rotatable bonds is 7. The molecule has 22 heavy (non-hydrogen) atoms. The fourth-order valence-electron chi connectivity index (χ4n) is 3.11. The zero-order valence-corrected chi connectivity index (χ0v) is 18.3. The first-order valence-electron chi connectivity index (χ1n) is 8.19. The molecule has 1 saturated carbocycles. The third-order valence-electron chi connectivity index (χ3n) is 5.26. The second kappa shape index (κ2) is 8.80. The van der Waals surface area contributed by atoms with Crippen LogP contribution in [-0.2, 0) is 9.53 Å². The molecule has 4 atom stereocenters. The SMILES string of the molecule is CCC(O)(CC)C1CCCC(OC(=O)C(C)(I)C(C)NI)C1. The summed E-state index contributed by atoms with van der Waals surface area (Å²) < 4.78 is 8.30. The molecule has 1 aliphatic carbocycles. The Kier molecular flexibility index (Phi) is 8.36. The van der Waals surface area contributed by atoms with Gasteiger partial charge in [0.25, 0.3) is 0 Å². The first-order chi connectivity index (χ1) is 10.2. The Bertz CT molecular complexity index is 372. The number of nitrogens with one attached hydrogen (secondary N) is 1. The number of esters is 1. The largest absolute Gasteiger partial charge is 0.461 e. The molecule has 1 aliphatic rings. The van der Waals surface area contributed by atoms with E-state index in [4.69, 9.17) is 4.74 Å². The molecule has 4 unspecified atom stereocenters. The zero-order valence-electron chi connectivity index (χ0n) is 14.0. The highest BCUT2D eigenvalue weighted by molar-refractivity contribution is 14.1. The minimum atomic E-state index is -0.615. The van der Waals surface area contributed by atoms with Gasteiger partial charge in [-0.2, -0.15) is 0 Å². The van der Waals surface area contributed by atoms with Crippen LogP contribution < -0.4 is 3.53 Å². The van der Waals surface area contributed by atoms with E-state index >= 15 is 0 Å². The molecule has 130 valence electrons. The van der Waals surface area contributed by atoms with E-state index < -0.39 is 9.02 Å². The van der Waals surface area contributed by atoms with E-state index in [0.717, 1.165) is 38.5 Å². The van der Waals surface area contributed by atoms with Crippen molar-refractivity contribution in [2.24, 2.45) is 5.92 Å². The number of halogens is 2. The number of hydrogen-bond donors (Lipinski definition) is 2. The van der Waals surface area contributed by atoms with Crippen LogP contribution in [0.2, 0.25) is 0 Å². The van der Waals surface area contributed by atoms with Gasteiger partial charge in [-0.3, -0.25) is 8.32 Å². The predicted molar refractivity (Wildman–Crippen MR) is 106 cm³/mol. The van der Waals surface area contributed by atoms with Crippen molar-refractivity contribution < 1.29 is 14.6 Å². The predicted octanol–water partition coefficient (Wildman–Crippen LogP) is 4.16. The molecule has 6 heteroatoms. The number of carbonyl (C=O) groups excluding carboxylic acids is 1. The Morgan fingerprint density at radius 3 is 2.50 bits per heavy atom. The number of carbonyl (C=O) groups is 1. The molecule has 1 fully saturated rings. The Morgan fingerprint density at radius 1 is 1.41 bits per heavy atom. The van der Waals surface area contributed by atoms with Gasteiger partial charge in [-0.1, -0.05) is 36.4 Å². The van der Waals surface area contributed by atoms with Gasteiger partial charge in [0.15, 0.2) is 0 Å². The summed E-state index contributed by atoms with van der Waals surface area (Å²) in [4.78, 5) is 12.5. The molecule has 2 N–H and O–H groups in total. The molecule has 0 aliphatic heterocycles. The normalized spacial score (nSPS) is 27.0. The van der Waals surface area contributed by atoms with Gasteiger partial charge in [0, 0.05) is 28.9 Å². The van der Waals surface area contributed by atoms with Crippen LogP contribution in [0.25, 0.3) is 0 Å². The Balaban J connectivity index is 2.69. The van der Waals surface area contributed by atoms with Crippen LogP contribution >= 0.6 is 45.5 Å². The zero-order chi connectivity index (χ0) is 17.0. The minimum Gasteiger partial charge on any atom is -0.461 e. The lowest BCUT2D eigenvalue weighted by molar-refractivity contribution is -0.156. The lowest BCUT2D eigenvalue weighted by Gasteiger charge is -2.40. The smallest absolute Gasteiger partial charge is 0.323 e. The van der Waals surface area contributed by atoms with E-state index in [9.17, 15) is 9.90 Å². The summed E-state index contributed by atoms with van der Waals surface area (Å²) in [5.41, 5.74) is -0.615. The molecule has 0 aromatic heterocycles. The Hall–Kier alpha value is 0.850. The first-order valence-corrected chi connectivity index (χ1v) is 10.4. The maximum Gasteiger partial charge on any atom is 0.323 e. The summed E-state index contributed by atoms with van der Waals surface area (Å²) in [6, 6.07) is 0.0313. The van der Waals surface area contributed by atoms with Gasteiger partial charge >= 0.3 is 5.97 Å². The molecule has 0 aromatic carbocycles. The molecule has 4 nitrogen and oxygen atoms in total. The van der Waals surface area contributed by atoms with Gasteiger partial charge in [0.1, 0.15) is 9.53 Å². The van der Waals surface area contributed by atoms with E-state index in [1.807, 2.05) is 27.7 Å². The summed E-state index contributed by atoms with van der Waals surface area (Å²) in [6.07, 6.45) is 5.19. The maximum atomic E-state index is 12.5. The molecule has 0 aromatic rings. The molecule has 0 amide bonds. The molecule has 1 rings (SSSR count).